The molecule has 1 aromatic carbocycles. The molecular weight excluding hydrogens is 204 g/mol. The minimum atomic E-state index is 1.05. The van der Waals surface area contributed by atoms with E-state index in [0.717, 1.165) is 11.3 Å². The molecule has 0 aliphatic heterocycles. The maximum Gasteiger partial charge on any atom is 0.0920 e. The zero-order chi connectivity index (χ0) is 10.1. The highest BCUT2D eigenvalue weighted by molar-refractivity contribution is 7.13. The number of rotatable bonds is 1. The molecule has 0 radical (unpaired) electrons. The molecule has 0 atom stereocenters. The maximum absolute atomic E-state index is 4.48. The zero-order valence-corrected chi connectivity index (χ0v) is 8.74. The van der Waals surface area contributed by atoms with Crippen molar-refractivity contribution >= 4 is 21.6 Å². The summed E-state index contributed by atoms with van der Waals surface area (Å²) < 4.78 is 5.71. The predicted molar refractivity (Wildman–Crippen MR) is 62.9 cm³/mol. The molecule has 3 heteroatoms. The van der Waals surface area contributed by atoms with Gasteiger partial charge >= 0.3 is 0 Å². The molecule has 0 N–H and O–H groups in total. The van der Waals surface area contributed by atoms with Crippen molar-refractivity contribution in [1.29, 1.82) is 0 Å². The Hall–Kier alpha value is -1.74. The van der Waals surface area contributed by atoms with Crippen LogP contribution in [-0.2, 0) is 0 Å². The van der Waals surface area contributed by atoms with Gasteiger partial charge in [0.25, 0.3) is 0 Å². The van der Waals surface area contributed by atoms with E-state index >= 15 is 0 Å². The Morgan fingerprint density at radius 2 is 1.73 bits per heavy atom. The van der Waals surface area contributed by atoms with Crippen LogP contribution in [0.2, 0.25) is 0 Å². The van der Waals surface area contributed by atoms with Gasteiger partial charge in [-0.1, -0.05) is 18.2 Å². The van der Waals surface area contributed by atoms with Gasteiger partial charge in [0.15, 0.2) is 0 Å². The first kappa shape index (κ1) is 8.56. The molecule has 2 nitrogen and oxygen atoms in total. The summed E-state index contributed by atoms with van der Waals surface area (Å²) in [6.45, 7) is 0. The van der Waals surface area contributed by atoms with Gasteiger partial charge in [0, 0.05) is 23.3 Å². The van der Waals surface area contributed by atoms with E-state index in [4.69, 9.17) is 0 Å². The molecule has 0 amide bonds. The lowest BCUT2D eigenvalue weighted by molar-refractivity contribution is 1.33. The molecule has 0 spiro atoms. The molecule has 0 bridgehead atoms. The molecule has 2 aromatic heterocycles. The van der Waals surface area contributed by atoms with E-state index in [0.29, 0.717) is 0 Å². The summed E-state index contributed by atoms with van der Waals surface area (Å²) >= 11 is 1.54. The van der Waals surface area contributed by atoms with E-state index in [-0.39, 0.29) is 0 Å². The minimum absolute atomic E-state index is 1.05. The number of hydrogen-bond acceptors (Lipinski definition) is 3. The third kappa shape index (κ3) is 1.41. The summed E-state index contributed by atoms with van der Waals surface area (Å²) in [4.78, 5) is 4.01. The first-order chi connectivity index (χ1) is 7.45. The summed E-state index contributed by atoms with van der Waals surface area (Å²) in [6.07, 6.45) is 3.59. The molecule has 2 heterocycles. The Labute approximate surface area is 91.4 Å². The molecule has 0 aliphatic carbocycles. The van der Waals surface area contributed by atoms with Gasteiger partial charge in [0.05, 0.1) is 10.4 Å². The maximum atomic E-state index is 4.48. The summed E-state index contributed by atoms with van der Waals surface area (Å²) in [5.41, 5.74) is 2.18. The standard InChI is InChI=1S/C12H8N2S/c1-2-4-11-10(3-1)12(14-15-11)9-5-7-13-8-6-9/h1-8H. The van der Waals surface area contributed by atoms with Crippen molar-refractivity contribution in [3.05, 3.63) is 48.8 Å². The van der Waals surface area contributed by atoms with Crippen LogP contribution in [-0.4, -0.2) is 9.36 Å². The second kappa shape index (κ2) is 3.44. The molecule has 3 rings (SSSR count). The Morgan fingerprint density at radius 1 is 0.933 bits per heavy atom. The van der Waals surface area contributed by atoms with Crippen molar-refractivity contribution in [1.82, 2.24) is 9.36 Å². The van der Waals surface area contributed by atoms with Crippen molar-refractivity contribution in [3.63, 3.8) is 0 Å². The lowest BCUT2D eigenvalue weighted by Gasteiger charge is -1.95. The van der Waals surface area contributed by atoms with Crippen LogP contribution in [0.3, 0.4) is 0 Å². The first-order valence-corrected chi connectivity index (χ1v) is 5.47. The van der Waals surface area contributed by atoms with Crippen LogP contribution in [0.1, 0.15) is 0 Å². The topological polar surface area (TPSA) is 25.8 Å². The number of hydrogen-bond donors (Lipinski definition) is 0. The number of fused-ring (bicyclic) bond motifs is 1. The van der Waals surface area contributed by atoms with Gasteiger partial charge in [-0.15, -0.1) is 0 Å². The largest absolute Gasteiger partial charge is 0.265 e. The summed E-state index contributed by atoms with van der Waals surface area (Å²) in [5.74, 6) is 0. The van der Waals surface area contributed by atoms with Crippen molar-refractivity contribution in [2.75, 3.05) is 0 Å². The van der Waals surface area contributed by atoms with Crippen LogP contribution in [0, 0.1) is 0 Å². The normalized spacial score (nSPS) is 10.7. The van der Waals surface area contributed by atoms with Gasteiger partial charge in [-0.2, -0.15) is 4.37 Å². The number of pyridine rings is 1. The second-order valence-electron chi connectivity index (χ2n) is 3.26. The third-order valence-electron chi connectivity index (χ3n) is 2.33. The van der Waals surface area contributed by atoms with Crippen LogP contribution in [0.4, 0.5) is 0 Å². The molecule has 0 fully saturated rings. The molecule has 0 aliphatic rings. The highest BCUT2D eigenvalue weighted by Gasteiger charge is 2.06. The fourth-order valence-corrected chi connectivity index (χ4v) is 2.40. The number of benzene rings is 1. The predicted octanol–water partition coefficient (Wildman–Crippen LogP) is 3.36. The van der Waals surface area contributed by atoms with Gasteiger partial charge in [-0.25, -0.2) is 0 Å². The molecular formula is C12H8N2S. The van der Waals surface area contributed by atoms with E-state index in [9.17, 15) is 0 Å². The fourth-order valence-electron chi connectivity index (χ4n) is 1.60. The van der Waals surface area contributed by atoms with Gasteiger partial charge in [0.2, 0.25) is 0 Å². The minimum Gasteiger partial charge on any atom is -0.265 e. The molecule has 0 saturated carbocycles. The van der Waals surface area contributed by atoms with Crippen LogP contribution in [0.5, 0.6) is 0 Å². The quantitative estimate of drug-likeness (QED) is 0.618. The Kier molecular flexibility index (Phi) is 1.96. The Balaban J connectivity index is 2.28. The van der Waals surface area contributed by atoms with Crippen molar-refractivity contribution in [2.24, 2.45) is 0 Å². The molecule has 72 valence electrons. The number of nitrogens with zero attached hydrogens (tertiary/aromatic N) is 2. The summed E-state index contributed by atoms with van der Waals surface area (Å²) in [7, 11) is 0. The average molecular weight is 212 g/mol. The third-order valence-corrected chi connectivity index (χ3v) is 3.16. The zero-order valence-electron chi connectivity index (χ0n) is 7.92. The SMILES string of the molecule is c1ccc2c(-c3ccncc3)nsc2c1. The Bertz CT molecular complexity index is 587. The highest BCUT2D eigenvalue weighted by Crippen LogP contribution is 2.29. The smallest absolute Gasteiger partial charge is 0.0920 e. The second-order valence-corrected chi connectivity index (χ2v) is 4.07. The molecule has 0 unspecified atom stereocenters. The monoisotopic (exact) mass is 212 g/mol. The van der Waals surface area contributed by atoms with Gasteiger partial charge in [-0.05, 0) is 29.7 Å². The van der Waals surface area contributed by atoms with Crippen molar-refractivity contribution < 1.29 is 0 Å². The molecule has 3 aromatic rings. The molecule has 15 heavy (non-hydrogen) atoms. The van der Waals surface area contributed by atoms with Crippen molar-refractivity contribution in [2.45, 2.75) is 0 Å². The highest BCUT2D eigenvalue weighted by atomic mass is 32.1. The van der Waals surface area contributed by atoms with E-state index in [2.05, 4.69) is 21.5 Å². The fraction of sp³-hybridized carbons (Fsp3) is 0. The average Bonchev–Trinajstić information content (AvgIpc) is 2.74. The first-order valence-electron chi connectivity index (χ1n) is 4.70. The van der Waals surface area contributed by atoms with E-state index in [1.807, 2.05) is 24.3 Å². The lowest BCUT2D eigenvalue weighted by Crippen LogP contribution is -1.77. The summed E-state index contributed by atoms with van der Waals surface area (Å²) in [6, 6.07) is 12.3. The summed E-state index contributed by atoms with van der Waals surface area (Å²) in [5, 5.41) is 1.22. The van der Waals surface area contributed by atoms with Crippen LogP contribution < -0.4 is 0 Å². The Morgan fingerprint density at radius 3 is 2.60 bits per heavy atom. The van der Waals surface area contributed by atoms with Gasteiger partial charge in [-0.3, -0.25) is 4.98 Å². The van der Waals surface area contributed by atoms with Crippen LogP contribution in [0.25, 0.3) is 21.3 Å². The lowest BCUT2D eigenvalue weighted by atomic mass is 10.1. The van der Waals surface area contributed by atoms with Crippen LogP contribution >= 0.6 is 11.5 Å². The van der Waals surface area contributed by atoms with Gasteiger partial charge in [0.1, 0.15) is 0 Å². The van der Waals surface area contributed by atoms with E-state index < -0.39 is 0 Å². The van der Waals surface area contributed by atoms with E-state index in [1.54, 1.807) is 12.4 Å². The van der Waals surface area contributed by atoms with Gasteiger partial charge < -0.3 is 0 Å². The molecule has 0 saturated heterocycles. The van der Waals surface area contributed by atoms with E-state index in [1.165, 1.54) is 21.6 Å². The van der Waals surface area contributed by atoms with Crippen molar-refractivity contribution in [3.8, 4) is 11.3 Å². The number of aromatic nitrogens is 2. The van der Waals surface area contributed by atoms with Crippen LogP contribution in [0.15, 0.2) is 48.8 Å².